The Morgan fingerprint density at radius 1 is 1.53 bits per heavy atom. The monoisotopic (exact) mass is 297 g/mol. The molecule has 0 heterocycles. The Hall–Kier alpha value is -1.32. The van der Waals surface area contributed by atoms with E-state index in [9.17, 15) is 9.90 Å². The fraction of sp³-hybridized carbons (Fsp3) is 0.417. The lowest BCUT2D eigenvalue weighted by atomic mass is 9.72. The zero-order valence-electron chi connectivity index (χ0n) is 9.36. The van der Waals surface area contributed by atoms with Crippen molar-refractivity contribution in [1.29, 1.82) is 0 Å². The van der Waals surface area contributed by atoms with Crippen LogP contribution in [0.4, 0.5) is 0 Å². The lowest BCUT2D eigenvalue weighted by Crippen LogP contribution is -2.32. The van der Waals surface area contributed by atoms with Gasteiger partial charge in [0.05, 0.1) is 11.6 Å². The summed E-state index contributed by atoms with van der Waals surface area (Å²) in [5.41, 5.74) is 0.0203. The number of rotatable bonds is 3. The van der Waals surface area contributed by atoms with Crippen LogP contribution in [0.15, 0.2) is 21.6 Å². The number of isocyanates is 1. The van der Waals surface area contributed by atoms with E-state index in [-0.39, 0.29) is 5.75 Å². The summed E-state index contributed by atoms with van der Waals surface area (Å²) >= 11 is 3.29. The van der Waals surface area contributed by atoms with Gasteiger partial charge >= 0.3 is 0 Å². The second kappa shape index (κ2) is 4.51. The van der Waals surface area contributed by atoms with Gasteiger partial charge in [0.1, 0.15) is 17.0 Å². The third-order valence-electron chi connectivity index (χ3n) is 3.21. The molecule has 0 saturated heterocycles. The second-order valence-corrected chi connectivity index (χ2v) is 4.95. The summed E-state index contributed by atoms with van der Waals surface area (Å²) in [4.78, 5) is 14.4. The topological polar surface area (TPSA) is 58.9 Å². The van der Waals surface area contributed by atoms with Crippen LogP contribution in [0.3, 0.4) is 0 Å². The summed E-state index contributed by atoms with van der Waals surface area (Å²) in [6.07, 6.45) is 4.09. The molecule has 1 aliphatic carbocycles. The SMILES string of the molecule is COc1cc(C2(N=C=O)CCC2)c(O)cc1Br. The van der Waals surface area contributed by atoms with Crippen molar-refractivity contribution in [2.24, 2.45) is 4.99 Å². The van der Waals surface area contributed by atoms with E-state index in [2.05, 4.69) is 20.9 Å². The van der Waals surface area contributed by atoms with Crippen molar-refractivity contribution in [3.63, 3.8) is 0 Å². The Balaban J connectivity index is 2.54. The molecule has 1 aromatic rings. The van der Waals surface area contributed by atoms with Crippen LogP contribution in [-0.4, -0.2) is 18.3 Å². The minimum atomic E-state index is -0.611. The van der Waals surface area contributed by atoms with Crippen LogP contribution in [0.25, 0.3) is 0 Å². The third-order valence-corrected chi connectivity index (χ3v) is 3.83. The lowest BCUT2D eigenvalue weighted by Gasteiger charge is -2.37. The molecule has 0 amide bonds. The number of benzene rings is 1. The molecule has 17 heavy (non-hydrogen) atoms. The summed E-state index contributed by atoms with van der Waals surface area (Å²) in [5, 5.41) is 9.96. The fourth-order valence-electron chi connectivity index (χ4n) is 2.11. The highest BCUT2D eigenvalue weighted by atomic mass is 79.9. The summed E-state index contributed by atoms with van der Waals surface area (Å²) in [6, 6.07) is 3.29. The number of ether oxygens (including phenoxy) is 1. The minimum Gasteiger partial charge on any atom is -0.508 e. The van der Waals surface area contributed by atoms with Gasteiger partial charge in [0.2, 0.25) is 6.08 Å². The first-order chi connectivity index (χ1) is 8.13. The number of halogens is 1. The summed E-state index contributed by atoms with van der Waals surface area (Å²) in [6.45, 7) is 0. The smallest absolute Gasteiger partial charge is 0.235 e. The van der Waals surface area contributed by atoms with Gasteiger partial charge in [0.15, 0.2) is 0 Å². The van der Waals surface area contributed by atoms with E-state index in [0.717, 1.165) is 19.3 Å². The van der Waals surface area contributed by atoms with Crippen molar-refractivity contribution in [3.05, 3.63) is 22.2 Å². The predicted octanol–water partition coefficient (Wildman–Crippen LogP) is 2.88. The van der Waals surface area contributed by atoms with E-state index in [1.165, 1.54) is 0 Å². The van der Waals surface area contributed by atoms with Crippen molar-refractivity contribution in [2.75, 3.05) is 7.11 Å². The molecule has 4 nitrogen and oxygen atoms in total. The summed E-state index contributed by atoms with van der Waals surface area (Å²) in [5.74, 6) is 0.738. The number of carbonyl (C=O) groups excluding carboxylic acids is 1. The van der Waals surface area contributed by atoms with Crippen LogP contribution in [-0.2, 0) is 10.3 Å². The van der Waals surface area contributed by atoms with Gasteiger partial charge in [0.25, 0.3) is 0 Å². The van der Waals surface area contributed by atoms with E-state index in [0.29, 0.717) is 15.8 Å². The highest BCUT2D eigenvalue weighted by Crippen LogP contribution is 2.49. The van der Waals surface area contributed by atoms with Crippen LogP contribution >= 0.6 is 15.9 Å². The molecule has 0 aromatic heterocycles. The van der Waals surface area contributed by atoms with Crippen LogP contribution in [0, 0.1) is 0 Å². The summed E-state index contributed by atoms with van der Waals surface area (Å²) < 4.78 is 5.86. The van der Waals surface area contributed by atoms with Crippen molar-refractivity contribution < 1.29 is 14.6 Å². The third kappa shape index (κ3) is 1.96. The van der Waals surface area contributed by atoms with Crippen molar-refractivity contribution >= 4 is 22.0 Å². The molecule has 1 aromatic carbocycles. The molecule has 0 aliphatic heterocycles. The van der Waals surface area contributed by atoms with Gasteiger partial charge in [-0.05, 0) is 47.3 Å². The summed E-state index contributed by atoms with van der Waals surface area (Å²) in [7, 11) is 1.55. The van der Waals surface area contributed by atoms with Crippen molar-refractivity contribution in [1.82, 2.24) is 0 Å². The highest BCUT2D eigenvalue weighted by molar-refractivity contribution is 9.10. The first-order valence-electron chi connectivity index (χ1n) is 5.29. The number of aliphatic imine (C=N–C) groups is 1. The first-order valence-corrected chi connectivity index (χ1v) is 6.08. The lowest BCUT2D eigenvalue weighted by molar-refractivity contribution is 0.246. The predicted molar refractivity (Wildman–Crippen MR) is 66.0 cm³/mol. The van der Waals surface area contributed by atoms with Gasteiger partial charge in [0, 0.05) is 5.56 Å². The first kappa shape index (κ1) is 12.1. The molecular formula is C12H12BrNO3. The molecule has 0 atom stereocenters. The Morgan fingerprint density at radius 3 is 2.71 bits per heavy atom. The zero-order chi connectivity index (χ0) is 12.5. The van der Waals surface area contributed by atoms with Crippen LogP contribution in [0.5, 0.6) is 11.5 Å². The maximum atomic E-state index is 10.5. The standard InChI is InChI=1S/C12H12BrNO3/c1-17-11-5-8(10(16)6-9(11)13)12(14-7-15)3-2-4-12/h5-6,16H,2-4H2,1H3. The Morgan fingerprint density at radius 2 is 2.24 bits per heavy atom. The van der Waals surface area contributed by atoms with Crippen LogP contribution < -0.4 is 4.74 Å². The van der Waals surface area contributed by atoms with Gasteiger partial charge in [-0.2, -0.15) is 4.99 Å². The van der Waals surface area contributed by atoms with E-state index in [1.807, 2.05) is 0 Å². The van der Waals surface area contributed by atoms with Gasteiger partial charge in [-0.15, -0.1) is 0 Å². The van der Waals surface area contributed by atoms with E-state index < -0.39 is 5.54 Å². The number of phenols is 1. The average Bonchev–Trinajstić information content (AvgIpc) is 2.24. The number of hydrogen-bond acceptors (Lipinski definition) is 4. The number of methoxy groups -OCH3 is 1. The molecule has 1 aliphatic rings. The highest BCUT2D eigenvalue weighted by Gasteiger charge is 2.41. The molecule has 5 heteroatoms. The molecule has 0 spiro atoms. The molecule has 0 bridgehead atoms. The van der Waals surface area contributed by atoms with Gasteiger partial charge in [-0.3, -0.25) is 0 Å². The van der Waals surface area contributed by atoms with E-state index >= 15 is 0 Å². The maximum Gasteiger partial charge on any atom is 0.235 e. The molecular weight excluding hydrogens is 286 g/mol. The molecule has 0 unspecified atom stereocenters. The van der Waals surface area contributed by atoms with Crippen molar-refractivity contribution in [2.45, 2.75) is 24.8 Å². The quantitative estimate of drug-likeness (QED) is 0.689. The van der Waals surface area contributed by atoms with Crippen molar-refractivity contribution in [3.8, 4) is 11.5 Å². The Labute approximate surface area is 107 Å². The van der Waals surface area contributed by atoms with Gasteiger partial charge < -0.3 is 9.84 Å². The number of nitrogens with zero attached hydrogens (tertiary/aromatic N) is 1. The molecule has 90 valence electrons. The minimum absolute atomic E-state index is 0.122. The molecule has 0 radical (unpaired) electrons. The van der Waals surface area contributed by atoms with Gasteiger partial charge in [-0.1, -0.05) is 0 Å². The molecule has 1 N–H and O–H groups in total. The Kier molecular flexibility index (Phi) is 3.22. The molecule has 1 saturated carbocycles. The molecule has 2 rings (SSSR count). The molecule has 1 fully saturated rings. The number of phenolic OH excluding ortho intramolecular Hbond substituents is 1. The average molecular weight is 298 g/mol. The Bertz CT molecular complexity index is 491. The zero-order valence-corrected chi connectivity index (χ0v) is 11.0. The number of aromatic hydroxyl groups is 1. The normalized spacial score (nSPS) is 16.8. The van der Waals surface area contributed by atoms with Gasteiger partial charge in [-0.25, -0.2) is 4.79 Å². The number of hydrogen-bond donors (Lipinski definition) is 1. The van der Waals surface area contributed by atoms with Crippen LogP contribution in [0.2, 0.25) is 0 Å². The van der Waals surface area contributed by atoms with Crippen LogP contribution in [0.1, 0.15) is 24.8 Å². The fourth-order valence-corrected chi connectivity index (χ4v) is 2.61. The largest absolute Gasteiger partial charge is 0.508 e. The van der Waals surface area contributed by atoms with E-state index in [1.54, 1.807) is 25.3 Å². The second-order valence-electron chi connectivity index (χ2n) is 4.09. The van der Waals surface area contributed by atoms with E-state index in [4.69, 9.17) is 4.74 Å². The maximum absolute atomic E-state index is 10.5.